The first kappa shape index (κ1) is 16.4. The van der Waals surface area contributed by atoms with Crippen molar-refractivity contribution in [2.75, 3.05) is 18.7 Å². The van der Waals surface area contributed by atoms with Crippen LogP contribution in [0.5, 0.6) is 11.5 Å². The van der Waals surface area contributed by atoms with Gasteiger partial charge in [0, 0.05) is 23.0 Å². The Morgan fingerprint density at radius 2 is 2.20 bits per heavy atom. The molecule has 0 bridgehead atoms. The number of aromatic hydroxyl groups is 1. The molecule has 0 saturated heterocycles. The van der Waals surface area contributed by atoms with Crippen LogP contribution in [0.4, 0.5) is 0 Å². The van der Waals surface area contributed by atoms with Gasteiger partial charge in [0.2, 0.25) is 0 Å². The Balaban J connectivity index is 2.28. The largest absolute Gasteiger partial charge is 0.504 e. The smallest absolute Gasteiger partial charge is 0.322 e. The molecule has 1 aromatic heterocycles. The van der Waals surface area contributed by atoms with Gasteiger partial charge in [-0.3, -0.25) is 14.3 Å². The number of nitroso groups, excluding NO2 is 1. The van der Waals surface area contributed by atoms with Crippen LogP contribution in [-0.4, -0.2) is 29.3 Å². The molecule has 0 unspecified atom stereocenters. The zero-order chi connectivity index (χ0) is 18.1. The topological polar surface area (TPSA) is 101 Å². The second-order valence-corrected chi connectivity index (χ2v) is 5.49. The summed E-state index contributed by atoms with van der Waals surface area (Å²) in [6, 6.07) is 4.45. The van der Waals surface area contributed by atoms with Crippen LogP contribution in [0.2, 0.25) is 0 Å². The molecule has 1 aromatic carbocycles. The van der Waals surface area contributed by atoms with Crippen molar-refractivity contribution in [3.8, 4) is 22.8 Å². The van der Waals surface area contributed by atoms with E-state index in [4.69, 9.17) is 4.74 Å². The Hall–Kier alpha value is -3.42. The Morgan fingerprint density at radius 1 is 1.44 bits per heavy atom. The molecule has 0 spiro atoms. The molecule has 8 heteroatoms. The van der Waals surface area contributed by atoms with Gasteiger partial charge >= 0.3 is 5.91 Å². The second-order valence-electron chi connectivity index (χ2n) is 5.49. The van der Waals surface area contributed by atoms with E-state index < -0.39 is 11.3 Å². The van der Waals surface area contributed by atoms with Crippen molar-refractivity contribution in [3.05, 3.63) is 63.3 Å². The lowest BCUT2D eigenvalue weighted by Crippen LogP contribution is -2.39. The number of hydrogen-bond acceptors (Lipinski definition) is 6. The fourth-order valence-corrected chi connectivity index (χ4v) is 2.89. The third-order valence-corrected chi connectivity index (χ3v) is 4.02. The lowest BCUT2D eigenvalue weighted by Gasteiger charge is -2.34. The Morgan fingerprint density at radius 3 is 2.84 bits per heavy atom. The summed E-state index contributed by atoms with van der Waals surface area (Å²) in [4.78, 5) is 34.3. The lowest BCUT2D eigenvalue weighted by molar-refractivity contribution is 0.0999. The van der Waals surface area contributed by atoms with Gasteiger partial charge in [-0.15, -0.1) is 11.5 Å². The fraction of sp³-hybridized carbons (Fsp3) is 0.176. The number of methoxy groups -OCH3 is 1. The van der Waals surface area contributed by atoms with Crippen LogP contribution in [0.3, 0.4) is 0 Å². The molecule has 0 saturated carbocycles. The molecule has 3 rings (SSSR count). The number of fused-ring (bicyclic) bond motifs is 3. The van der Waals surface area contributed by atoms with Gasteiger partial charge < -0.3 is 14.9 Å². The summed E-state index contributed by atoms with van der Waals surface area (Å²) in [5.74, 6) is -0.862. The van der Waals surface area contributed by atoms with Gasteiger partial charge in [0.15, 0.2) is 16.9 Å². The van der Waals surface area contributed by atoms with Crippen molar-refractivity contribution in [1.82, 2.24) is 4.68 Å². The molecular formula is C17H15N3O5. The van der Waals surface area contributed by atoms with Crippen LogP contribution in [0.15, 0.2) is 47.0 Å². The summed E-state index contributed by atoms with van der Waals surface area (Å²) in [6.07, 6.45) is 2.96. The quantitative estimate of drug-likeness (QED) is 0.672. The lowest BCUT2D eigenvalue weighted by atomic mass is 9.99. The summed E-state index contributed by atoms with van der Waals surface area (Å²) in [5, 5.41) is 14.2. The number of ether oxygens (including phenoxy) is 1. The van der Waals surface area contributed by atoms with E-state index in [1.807, 2.05) is 5.01 Å². The number of pyridine rings is 1. The molecule has 8 nitrogen and oxygen atoms in total. The van der Waals surface area contributed by atoms with Crippen LogP contribution >= 0.6 is 0 Å². The molecule has 0 fully saturated rings. The zero-order valence-corrected chi connectivity index (χ0v) is 13.4. The number of phenolic OH excluding ortho intramolecular Hbond substituents is 1. The van der Waals surface area contributed by atoms with Gasteiger partial charge in [0.1, 0.15) is 5.56 Å². The van der Waals surface area contributed by atoms with Gasteiger partial charge in [-0.2, -0.15) is 0 Å². The first-order valence-corrected chi connectivity index (χ1v) is 7.41. The number of hydrogen-bond donors (Lipinski definition) is 1. The third kappa shape index (κ3) is 2.67. The summed E-state index contributed by atoms with van der Waals surface area (Å²) in [5.41, 5.74) is 1.03. The number of nitrogens with zero attached hydrogens (tertiary/aromatic N) is 3. The number of amides is 1. The van der Waals surface area contributed by atoms with Gasteiger partial charge in [0.05, 0.1) is 25.9 Å². The number of carbonyl (C=O) groups is 1. The molecule has 25 heavy (non-hydrogen) atoms. The highest BCUT2D eigenvalue weighted by atomic mass is 16.5. The molecule has 0 aliphatic carbocycles. The molecule has 2 heterocycles. The monoisotopic (exact) mass is 341 g/mol. The maximum atomic E-state index is 12.2. The van der Waals surface area contributed by atoms with E-state index in [0.717, 1.165) is 5.56 Å². The highest BCUT2D eigenvalue weighted by molar-refractivity contribution is 5.94. The minimum atomic E-state index is -1.12. The molecule has 0 atom stereocenters. The third-order valence-electron chi connectivity index (χ3n) is 4.02. The molecule has 1 amide bonds. The van der Waals surface area contributed by atoms with E-state index in [9.17, 15) is 19.6 Å². The Labute approximate surface area is 142 Å². The van der Waals surface area contributed by atoms with Crippen molar-refractivity contribution < 1.29 is 14.6 Å². The summed E-state index contributed by atoms with van der Waals surface area (Å²) in [6.45, 7) is 4.56. The first-order valence-electron chi connectivity index (χ1n) is 7.41. The maximum Gasteiger partial charge on any atom is 0.322 e. The van der Waals surface area contributed by atoms with Crippen LogP contribution in [-0.2, 0) is 6.54 Å². The number of aromatic nitrogens is 1. The minimum Gasteiger partial charge on any atom is -0.504 e. The molecule has 0 radical (unpaired) electrons. The first-order chi connectivity index (χ1) is 12.0. The molecule has 1 N–H and O–H groups in total. The van der Waals surface area contributed by atoms with Gasteiger partial charge in [-0.05, 0) is 17.7 Å². The van der Waals surface area contributed by atoms with E-state index in [1.54, 1.807) is 16.8 Å². The van der Waals surface area contributed by atoms with Crippen LogP contribution in [0, 0.1) is 4.91 Å². The van der Waals surface area contributed by atoms with Crippen molar-refractivity contribution >= 4 is 5.91 Å². The van der Waals surface area contributed by atoms with Crippen LogP contribution in [0.25, 0.3) is 11.3 Å². The summed E-state index contributed by atoms with van der Waals surface area (Å²) >= 11 is 0. The number of phenols is 1. The minimum absolute atomic E-state index is 0.0628. The normalized spacial score (nSPS) is 12.1. The predicted molar refractivity (Wildman–Crippen MR) is 91.5 cm³/mol. The zero-order valence-electron chi connectivity index (χ0n) is 13.4. The molecule has 1 aliphatic heterocycles. The summed E-state index contributed by atoms with van der Waals surface area (Å²) in [7, 11) is 1.45. The maximum absolute atomic E-state index is 12.2. The highest BCUT2D eigenvalue weighted by Crippen LogP contribution is 2.37. The van der Waals surface area contributed by atoms with E-state index in [1.165, 1.54) is 25.4 Å². The highest BCUT2D eigenvalue weighted by Gasteiger charge is 2.25. The van der Waals surface area contributed by atoms with Gasteiger partial charge in [-0.1, -0.05) is 6.08 Å². The number of rotatable bonds is 4. The molecule has 128 valence electrons. The average Bonchev–Trinajstić information content (AvgIpc) is 2.61. The standard InChI is InChI=1S/C17H15N3O5/c1-3-4-19-8-10-5-16(25-2)15(22)6-11(10)13-7-14(21)12(9-20(13)19)17(23)18-24/h3,5-7,9,22H,1,4,8H2,2H3. The van der Waals surface area contributed by atoms with Crippen molar-refractivity contribution in [2.45, 2.75) is 6.54 Å². The van der Waals surface area contributed by atoms with Crippen molar-refractivity contribution in [1.29, 1.82) is 0 Å². The fourth-order valence-electron chi connectivity index (χ4n) is 2.89. The second kappa shape index (κ2) is 6.23. The van der Waals surface area contributed by atoms with E-state index in [2.05, 4.69) is 11.8 Å². The Bertz CT molecular complexity index is 948. The van der Waals surface area contributed by atoms with Crippen molar-refractivity contribution in [2.24, 2.45) is 5.18 Å². The average molecular weight is 341 g/mol. The van der Waals surface area contributed by atoms with Gasteiger partial charge in [0.25, 0.3) is 0 Å². The SMILES string of the molecule is C=CCN1Cc2cc(OC)c(O)cc2-c2cc(=O)c(C(=O)N=O)cn21. The van der Waals surface area contributed by atoms with E-state index in [0.29, 0.717) is 30.1 Å². The molecule has 1 aliphatic rings. The molecular weight excluding hydrogens is 326 g/mol. The Kier molecular flexibility index (Phi) is 4.10. The van der Waals surface area contributed by atoms with Gasteiger partial charge in [-0.25, -0.2) is 0 Å². The predicted octanol–water partition coefficient (Wildman–Crippen LogP) is 1.77. The van der Waals surface area contributed by atoms with E-state index >= 15 is 0 Å². The van der Waals surface area contributed by atoms with Crippen LogP contribution < -0.4 is 15.2 Å². The van der Waals surface area contributed by atoms with Crippen LogP contribution in [0.1, 0.15) is 15.9 Å². The van der Waals surface area contributed by atoms with Crippen molar-refractivity contribution in [3.63, 3.8) is 0 Å². The number of carbonyl (C=O) groups excluding carboxylic acids is 1. The van der Waals surface area contributed by atoms with E-state index in [-0.39, 0.29) is 11.3 Å². The summed E-state index contributed by atoms with van der Waals surface area (Å²) < 4.78 is 6.73. The molecule has 2 aromatic rings. The number of benzene rings is 1.